The van der Waals surface area contributed by atoms with E-state index in [4.69, 9.17) is 16.3 Å². The minimum atomic E-state index is -0.178. The van der Waals surface area contributed by atoms with Crippen LogP contribution in [0.3, 0.4) is 0 Å². The van der Waals surface area contributed by atoms with Crippen molar-refractivity contribution in [1.82, 2.24) is 4.90 Å². The van der Waals surface area contributed by atoms with Crippen molar-refractivity contribution >= 4 is 27.5 Å². The number of hydrogen-bond donors (Lipinski definition) is 0. The number of rotatable bonds is 3. The van der Waals surface area contributed by atoms with Gasteiger partial charge in [0.15, 0.2) is 0 Å². The number of ether oxygens (including phenoxy) is 1. The molecule has 1 unspecified atom stereocenters. The molecule has 0 N–H and O–H groups in total. The molecule has 1 aromatic rings. The van der Waals surface area contributed by atoms with Crippen molar-refractivity contribution in [2.45, 2.75) is 5.50 Å². The summed E-state index contributed by atoms with van der Waals surface area (Å²) in [5, 5.41) is 0. The lowest BCUT2D eigenvalue weighted by Crippen LogP contribution is -2.15. The van der Waals surface area contributed by atoms with Crippen LogP contribution in [0.25, 0.3) is 0 Å². The summed E-state index contributed by atoms with van der Waals surface area (Å²) in [7, 11) is 5.50. The summed E-state index contributed by atoms with van der Waals surface area (Å²) >= 11 is 9.63. The van der Waals surface area contributed by atoms with E-state index in [0.29, 0.717) is 0 Å². The molecule has 0 amide bonds. The van der Waals surface area contributed by atoms with E-state index < -0.39 is 0 Å². The molecule has 2 nitrogen and oxygen atoms in total. The van der Waals surface area contributed by atoms with Gasteiger partial charge in [-0.3, -0.25) is 4.90 Å². The molecule has 1 rings (SSSR count). The Morgan fingerprint density at radius 2 is 2.07 bits per heavy atom. The number of benzene rings is 1. The number of nitrogens with zero attached hydrogens (tertiary/aromatic N) is 1. The summed E-state index contributed by atoms with van der Waals surface area (Å²) in [5.41, 5.74) is 0.788. The maximum absolute atomic E-state index is 6.22. The molecule has 14 heavy (non-hydrogen) atoms. The van der Waals surface area contributed by atoms with Gasteiger partial charge in [0.2, 0.25) is 0 Å². The molecule has 78 valence electrons. The van der Waals surface area contributed by atoms with Gasteiger partial charge in [-0.2, -0.15) is 0 Å². The highest BCUT2D eigenvalue weighted by molar-refractivity contribution is 9.10. The van der Waals surface area contributed by atoms with Gasteiger partial charge in [0.05, 0.1) is 7.11 Å². The Hall–Kier alpha value is -0.250. The quantitative estimate of drug-likeness (QED) is 0.621. The molecule has 0 radical (unpaired) electrons. The van der Waals surface area contributed by atoms with Gasteiger partial charge < -0.3 is 4.74 Å². The van der Waals surface area contributed by atoms with Crippen molar-refractivity contribution in [2.24, 2.45) is 0 Å². The molecule has 0 spiro atoms. The highest BCUT2D eigenvalue weighted by Crippen LogP contribution is 2.33. The van der Waals surface area contributed by atoms with Crippen molar-refractivity contribution in [1.29, 1.82) is 0 Å². The molecular formula is C10H13BrClNO. The lowest BCUT2D eigenvalue weighted by atomic mass is 10.2. The summed E-state index contributed by atoms with van der Waals surface area (Å²) < 4.78 is 6.24. The average molecular weight is 279 g/mol. The van der Waals surface area contributed by atoms with Gasteiger partial charge in [0.1, 0.15) is 11.3 Å². The second-order valence-electron chi connectivity index (χ2n) is 3.19. The topological polar surface area (TPSA) is 12.5 Å². The fourth-order valence-electron chi connectivity index (χ4n) is 1.17. The van der Waals surface area contributed by atoms with Crippen LogP contribution in [0.2, 0.25) is 0 Å². The van der Waals surface area contributed by atoms with E-state index >= 15 is 0 Å². The van der Waals surface area contributed by atoms with Gasteiger partial charge >= 0.3 is 0 Å². The Kier molecular flexibility index (Phi) is 4.23. The molecular weight excluding hydrogens is 265 g/mol. The summed E-state index contributed by atoms with van der Waals surface area (Å²) in [5.74, 6) is 0.807. The summed E-state index contributed by atoms with van der Waals surface area (Å²) in [6.07, 6.45) is 0. The first kappa shape index (κ1) is 11.8. The largest absolute Gasteiger partial charge is 0.496 e. The number of methoxy groups -OCH3 is 1. The van der Waals surface area contributed by atoms with Crippen molar-refractivity contribution in [3.63, 3.8) is 0 Å². The molecule has 4 heteroatoms. The van der Waals surface area contributed by atoms with Gasteiger partial charge in [-0.15, -0.1) is 11.6 Å². The Morgan fingerprint density at radius 3 is 2.57 bits per heavy atom. The molecule has 1 aromatic carbocycles. The van der Waals surface area contributed by atoms with E-state index in [-0.39, 0.29) is 5.50 Å². The van der Waals surface area contributed by atoms with Crippen LogP contribution in [0.1, 0.15) is 11.1 Å². The zero-order valence-electron chi connectivity index (χ0n) is 8.42. The Bertz CT molecular complexity index is 317. The van der Waals surface area contributed by atoms with E-state index in [1.807, 2.05) is 37.2 Å². The molecule has 0 saturated carbocycles. The molecule has 0 aliphatic carbocycles. The van der Waals surface area contributed by atoms with Crippen molar-refractivity contribution < 1.29 is 4.74 Å². The minimum Gasteiger partial charge on any atom is -0.496 e. The first-order valence-corrected chi connectivity index (χ1v) is 5.43. The summed E-state index contributed by atoms with van der Waals surface area (Å²) in [4.78, 5) is 1.92. The van der Waals surface area contributed by atoms with E-state index in [9.17, 15) is 0 Å². The molecule has 1 atom stereocenters. The van der Waals surface area contributed by atoms with Crippen LogP contribution in [0.4, 0.5) is 0 Å². The SMILES string of the molecule is COc1ccc(Br)cc1C(Cl)N(C)C. The number of halogens is 2. The molecule has 0 bridgehead atoms. The first-order chi connectivity index (χ1) is 6.56. The van der Waals surface area contributed by atoms with Crippen molar-refractivity contribution in [3.05, 3.63) is 28.2 Å². The van der Waals surface area contributed by atoms with Gasteiger partial charge in [-0.25, -0.2) is 0 Å². The molecule has 0 aromatic heterocycles. The lowest BCUT2D eigenvalue weighted by Gasteiger charge is -2.20. The van der Waals surface area contributed by atoms with Gasteiger partial charge in [-0.05, 0) is 32.3 Å². The molecule has 0 aliphatic heterocycles. The first-order valence-electron chi connectivity index (χ1n) is 4.20. The Labute approximate surface area is 97.9 Å². The van der Waals surface area contributed by atoms with Crippen LogP contribution in [0, 0.1) is 0 Å². The number of alkyl halides is 1. The molecule has 0 aliphatic rings. The maximum Gasteiger partial charge on any atom is 0.124 e. The Morgan fingerprint density at radius 1 is 1.43 bits per heavy atom. The van der Waals surface area contributed by atoms with Crippen molar-refractivity contribution in [2.75, 3.05) is 21.2 Å². The standard InChI is InChI=1S/C10H13BrClNO/c1-13(2)10(12)8-6-7(11)4-5-9(8)14-3/h4-6,10H,1-3H3. The molecule has 0 saturated heterocycles. The third-order valence-electron chi connectivity index (χ3n) is 1.90. The van der Waals surface area contributed by atoms with E-state index in [1.54, 1.807) is 7.11 Å². The third kappa shape index (κ3) is 2.62. The van der Waals surface area contributed by atoms with E-state index in [0.717, 1.165) is 15.8 Å². The van der Waals surface area contributed by atoms with Crippen LogP contribution in [0.5, 0.6) is 5.75 Å². The number of hydrogen-bond acceptors (Lipinski definition) is 2. The fraction of sp³-hybridized carbons (Fsp3) is 0.400. The van der Waals surface area contributed by atoms with Crippen molar-refractivity contribution in [3.8, 4) is 5.75 Å². The fourth-order valence-corrected chi connectivity index (χ4v) is 1.72. The highest BCUT2D eigenvalue weighted by atomic mass is 79.9. The monoisotopic (exact) mass is 277 g/mol. The molecule has 0 fully saturated rings. The van der Waals surface area contributed by atoms with Crippen LogP contribution >= 0.6 is 27.5 Å². The van der Waals surface area contributed by atoms with E-state index in [1.165, 1.54) is 0 Å². The highest BCUT2D eigenvalue weighted by Gasteiger charge is 2.15. The smallest absolute Gasteiger partial charge is 0.124 e. The zero-order valence-corrected chi connectivity index (χ0v) is 10.8. The average Bonchev–Trinajstić information content (AvgIpc) is 2.16. The zero-order chi connectivity index (χ0) is 10.7. The minimum absolute atomic E-state index is 0.178. The predicted molar refractivity (Wildman–Crippen MR) is 63.0 cm³/mol. The lowest BCUT2D eigenvalue weighted by molar-refractivity contribution is 0.360. The Balaban J connectivity index is 3.10. The predicted octanol–water partition coefficient (Wildman–Crippen LogP) is 3.26. The summed E-state index contributed by atoms with van der Waals surface area (Å²) in [6.45, 7) is 0. The maximum atomic E-state index is 6.22. The van der Waals surface area contributed by atoms with Gasteiger partial charge in [-0.1, -0.05) is 15.9 Å². The van der Waals surface area contributed by atoms with Crippen LogP contribution < -0.4 is 4.74 Å². The second-order valence-corrected chi connectivity index (χ2v) is 4.51. The van der Waals surface area contributed by atoms with Crippen LogP contribution in [-0.4, -0.2) is 26.1 Å². The summed E-state index contributed by atoms with van der Waals surface area (Å²) in [6, 6.07) is 5.80. The van der Waals surface area contributed by atoms with Crippen LogP contribution in [-0.2, 0) is 0 Å². The van der Waals surface area contributed by atoms with Gasteiger partial charge in [0.25, 0.3) is 0 Å². The van der Waals surface area contributed by atoms with E-state index in [2.05, 4.69) is 15.9 Å². The second kappa shape index (κ2) is 5.01. The van der Waals surface area contributed by atoms with Gasteiger partial charge in [0, 0.05) is 10.0 Å². The van der Waals surface area contributed by atoms with Crippen LogP contribution in [0.15, 0.2) is 22.7 Å². The normalized spacial score (nSPS) is 13.0. The third-order valence-corrected chi connectivity index (χ3v) is 3.02. The molecule has 0 heterocycles.